The normalized spacial score (nSPS) is 10.6. The summed E-state index contributed by atoms with van der Waals surface area (Å²) in [6, 6.07) is 10.8. The van der Waals surface area contributed by atoms with Crippen molar-refractivity contribution in [1.82, 2.24) is 0 Å². The van der Waals surface area contributed by atoms with Gasteiger partial charge >= 0.3 is 0 Å². The van der Waals surface area contributed by atoms with E-state index in [-0.39, 0.29) is 5.82 Å². The van der Waals surface area contributed by atoms with Crippen LogP contribution in [0.5, 0.6) is 0 Å². The monoisotopic (exact) mass is 389 g/mol. The van der Waals surface area contributed by atoms with Crippen molar-refractivity contribution in [2.45, 2.75) is 10.6 Å². The van der Waals surface area contributed by atoms with Crippen LogP contribution in [0.2, 0.25) is 0 Å². The second kappa shape index (κ2) is 6.08. The van der Waals surface area contributed by atoms with E-state index in [1.54, 1.807) is 23.9 Å². The molecule has 0 atom stereocenters. The lowest BCUT2D eigenvalue weighted by Crippen LogP contribution is -1.89. The van der Waals surface area contributed by atoms with Crippen LogP contribution < -0.4 is 5.73 Å². The van der Waals surface area contributed by atoms with Crippen molar-refractivity contribution in [3.05, 3.63) is 56.7 Å². The molecule has 0 spiro atoms. The number of hydrogen-bond donors (Lipinski definition) is 1. The summed E-state index contributed by atoms with van der Waals surface area (Å²) in [7, 11) is 0. The van der Waals surface area contributed by atoms with Crippen molar-refractivity contribution in [3.63, 3.8) is 0 Å². The van der Waals surface area contributed by atoms with E-state index in [0.717, 1.165) is 26.4 Å². The lowest BCUT2D eigenvalue weighted by molar-refractivity contribution is 0.620. The summed E-state index contributed by atoms with van der Waals surface area (Å²) in [5.41, 5.74) is 7.72. The standard InChI is InChI=1S/C13H10Br2FNS/c14-9-2-4-13(12(17)6-9)18-7-8-1-3-11(16)10(15)5-8/h1-6H,7,17H2. The largest absolute Gasteiger partial charge is 0.398 e. The van der Waals surface area contributed by atoms with Crippen molar-refractivity contribution in [2.75, 3.05) is 5.73 Å². The molecule has 2 N–H and O–H groups in total. The van der Waals surface area contributed by atoms with Crippen LogP contribution in [-0.2, 0) is 5.75 Å². The summed E-state index contributed by atoms with van der Waals surface area (Å²) < 4.78 is 14.5. The Labute approximate surface area is 126 Å². The molecular weight excluding hydrogens is 381 g/mol. The van der Waals surface area contributed by atoms with Gasteiger partial charge in [-0.15, -0.1) is 11.8 Å². The van der Waals surface area contributed by atoms with Crippen molar-refractivity contribution < 1.29 is 4.39 Å². The number of rotatable bonds is 3. The van der Waals surface area contributed by atoms with Crippen LogP contribution in [-0.4, -0.2) is 0 Å². The van der Waals surface area contributed by atoms with E-state index in [4.69, 9.17) is 5.73 Å². The van der Waals surface area contributed by atoms with Crippen molar-refractivity contribution in [3.8, 4) is 0 Å². The zero-order valence-electron chi connectivity index (χ0n) is 9.29. The predicted molar refractivity (Wildman–Crippen MR) is 82.2 cm³/mol. The molecule has 0 saturated carbocycles. The lowest BCUT2D eigenvalue weighted by atomic mass is 10.2. The minimum atomic E-state index is -0.244. The van der Waals surface area contributed by atoms with Gasteiger partial charge in [-0.3, -0.25) is 0 Å². The summed E-state index contributed by atoms with van der Waals surface area (Å²) in [5, 5.41) is 0. The van der Waals surface area contributed by atoms with Crippen molar-refractivity contribution >= 4 is 49.3 Å². The fourth-order valence-electron chi connectivity index (χ4n) is 1.44. The minimum Gasteiger partial charge on any atom is -0.398 e. The molecular formula is C13H10Br2FNS. The van der Waals surface area contributed by atoms with E-state index in [1.807, 2.05) is 18.2 Å². The third-order valence-electron chi connectivity index (χ3n) is 2.35. The molecule has 94 valence electrons. The van der Waals surface area contributed by atoms with Gasteiger partial charge in [-0.1, -0.05) is 22.0 Å². The van der Waals surface area contributed by atoms with Crippen LogP contribution in [0.3, 0.4) is 0 Å². The van der Waals surface area contributed by atoms with Gasteiger partial charge in [-0.05, 0) is 51.8 Å². The highest BCUT2D eigenvalue weighted by Crippen LogP contribution is 2.31. The Bertz CT molecular complexity index is 575. The van der Waals surface area contributed by atoms with E-state index in [2.05, 4.69) is 31.9 Å². The molecule has 0 heterocycles. The second-order valence-corrected chi connectivity index (χ2v) is 6.51. The molecule has 1 nitrogen and oxygen atoms in total. The van der Waals surface area contributed by atoms with Gasteiger partial charge in [0.15, 0.2) is 0 Å². The summed E-state index contributed by atoms with van der Waals surface area (Å²) in [5.74, 6) is 0.511. The van der Waals surface area contributed by atoms with E-state index >= 15 is 0 Å². The van der Waals surface area contributed by atoms with Crippen molar-refractivity contribution in [1.29, 1.82) is 0 Å². The Morgan fingerprint density at radius 3 is 2.56 bits per heavy atom. The molecule has 0 amide bonds. The first-order valence-electron chi connectivity index (χ1n) is 5.18. The summed E-state index contributed by atoms with van der Waals surface area (Å²) in [4.78, 5) is 1.03. The van der Waals surface area contributed by atoms with Gasteiger partial charge < -0.3 is 5.73 Å². The van der Waals surface area contributed by atoms with Crippen LogP contribution in [0.25, 0.3) is 0 Å². The molecule has 0 radical (unpaired) electrons. The van der Waals surface area contributed by atoms with Gasteiger partial charge in [0, 0.05) is 20.8 Å². The Kier molecular flexibility index (Phi) is 4.70. The molecule has 0 saturated heterocycles. The maximum absolute atomic E-state index is 13.1. The molecule has 0 bridgehead atoms. The number of anilines is 1. The first kappa shape index (κ1) is 13.9. The molecule has 0 unspecified atom stereocenters. The maximum atomic E-state index is 13.1. The van der Waals surface area contributed by atoms with Gasteiger partial charge in [-0.2, -0.15) is 0 Å². The number of thioether (sulfide) groups is 1. The third-order valence-corrected chi connectivity index (χ3v) is 4.61. The molecule has 18 heavy (non-hydrogen) atoms. The smallest absolute Gasteiger partial charge is 0.137 e. The van der Waals surface area contributed by atoms with Gasteiger partial charge in [0.05, 0.1) is 4.47 Å². The van der Waals surface area contributed by atoms with Crippen LogP contribution >= 0.6 is 43.6 Å². The van der Waals surface area contributed by atoms with E-state index in [9.17, 15) is 4.39 Å². The average molecular weight is 391 g/mol. The zero-order valence-corrected chi connectivity index (χ0v) is 13.3. The Hall–Kier alpha value is -0.520. The molecule has 5 heteroatoms. The Morgan fingerprint density at radius 1 is 1.11 bits per heavy atom. The molecule has 0 aromatic heterocycles. The summed E-state index contributed by atoms with van der Waals surface area (Å²) in [6.45, 7) is 0. The van der Waals surface area contributed by atoms with E-state index in [0.29, 0.717) is 4.47 Å². The SMILES string of the molecule is Nc1cc(Br)ccc1SCc1ccc(F)c(Br)c1. The second-order valence-electron chi connectivity index (χ2n) is 3.72. The number of halogens is 3. The molecule has 2 aromatic rings. The fraction of sp³-hybridized carbons (Fsp3) is 0.0769. The van der Waals surface area contributed by atoms with Gasteiger partial charge in [-0.25, -0.2) is 4.39 Å². The molecule has 0 fully saturated rings. The topological polar surface area (TPSA) is 26.0 Å². The zero-order chi connectivity index (χ0) is 13.1. The molecule has 2 rings (SSSR count). The fourth-order valence-corrected chi connectivity index (χ4v) is 3.14. The number of hydrogen-bond acceptors (Lipinski definition) is 2. The molecule has 0 aliphatic heterocycles. The highest BCUT2D eigenvalue weighted by Gasteiger charge is 2.04. The minimum absolute atomic E-state index is 0.244. The van der Waals surface area contributed by atoms with Crippen molar-refractivity contribution in [2.24, 2.45) is 0 Å². The van der Waals surface area contributed by atoms with Crippen LogP contribution in [0.4, 0.5) is 10.1 Å². The summed E-state index contributed by atoms with van der Waals surface area (Å²) in [6.07, 6.45) is 0. The molecule has 2 aromatic carbocycles. The Morgan fingerprint density at radius 2 is 1.89 bits per heavy atom. The highest BCUT2D eigenvalue weighted by molar-refractivity contribution is 9.10. The van der Waals surface area contributed by atoms with Crippen LogP contribution in [0, 0.1) is 5.82 Å². The quantitative estimate of drug-likeness (QED) is 0.573. The average Bonchev–Trinajstić information content (AvgIpc) is 2.32. The highest BCUT2D eigenvalue weighted by atomic mass is 79.9. The number of benzene rings is 2. The molecule has 0 aliphatic rings. The van der Waals surface area contributed by atoms with E-state index in [1.165, 1.54) is 6.07 Å². The van der Waals surface area contributed by atoms with Crippen LogP contribution in [0.1, 0.15) is 5.56 Å². The molecule has 0 aliphatic carbocycles. The Balaban J connectivity index is 2.09. The first-order valence-corrected chi connectivity index (χ1v) is 7.75. The van der Waals surface area contributed by atoms with E-state index < -0.39 is 0 Å². The number of nitrogens with two attached hydrogens (primary N) is 1. The predicted octanol–water partition coefficient (Wildman–Crippen LogP) is 5.23. The lowest BCUT2D eigenvalue weighted by Gasteiger charge is -2.06. The first-order chi connectivity index (χ1) is 8.56. The van der Waals surface area contributed by atoms with Crippen LogP contribution in [0.15, 0.2) is 50.2 Å². The van der Waals surface area contributed by atoms with Gasteiger partial charge in [0.2, 0.25) is 0 Å². The van der Waals surface area contributed by atoms with Gasteiger partial charge in [0.1, 0.15) is 5.82 Å². The van der Waals surface area contributed by atoms with Gasteiger partial charge in [0.25, 0.3) is 0 Å². The summed E-state index contributed by atoms with van der Waals surface area (Å²) >= 11 is 8.19. The number of nitrogen functional groups attached to an aromatic ring is 1. The maximum Gasteiger partial charge on any atom is 0.137 e. The third kappa shape index (κ3) is 3.49.